The van der Waals surface area contributed by atoms with E-state index in [9.17, 15) is 14.9 Å². The molecule has 1 rings (SSSR count). The summed E-state index contributed by atoms with van der Waals surface area (Å²) in [4.78, 5) is 21.6. The van der Waals surface area contributed by atoms with Crippen LogP contribution in [0.3, 0.4) is 0 Å². The Labute approximate surface area is 99.0 Å². The van der Waals surface area contributed by atoms with E-state index in [4.69, 9.17) is 5.73 Å². The van der Waals surface area contributed by atoms with Gasteiger partial charge in [-0.15, -0.1) is 0 Å². The highest BCUT2D eigenvalue weighted by atomic mass is 16.6. The van der Waals surface area contributed by atoms with Gasteiger partial charge in [-0.1, -0.05) is 6.07 Å². The molecule has 0 aliphatic heterocycles. The summed E-state index contributed by atoms with van der Waals surface area (Å²) in [6.45, 7) is 2.10. The van der Waals surface area contributed by atoms with E-state index >= 15 is 0 Å². The molecule has 0 aliphatic rings. The quantitative estimate of drug-likeness (QED) is 0.600. The molecule has 1 aromatic carbocycles. The number of nitro groups is 1. The van der Waals surface area contributed by atoms with Gasteiger partial charge in [-0.2, -0.15) is 0 Å². The zero-order valence-electron chi connectivity index (χ0n) is 9.60. The third kappa shape index (κ3) is 3.84. The third-order valence-electron chi connectivity index (χ3n) is 2.30. The van der Waals surface area contributed by atoms with Gasteiger partial charge in [0.2, 0.25) is 5.91 Å². The Bertz CT molecular complexity index is 432. The Kier molecular flexibility index (Phi) is 4.59. The fraction of sp³-hybridized carbons (Fsp3) is 0.364. The highest BCUT2D eigenvalue weighted by Crippen LogP contribution is 2.22. The molecule has 0 aliphatic carbocycles. The van der Waals surface area contributed by atoms with Gasteiger partial charge in [0.25, 0.3) is 5.69 Å². The number of nitrogens with zero attached hydrogens (tertiary/aromatic N) is 1. The molecule has 1 amide bonds. The van der Waals surface area contributed by atoms with Crippen LogP contribution in [0.4, 0.5) is 11.4 Å². The molecule has 0 spiro atoms. The summed E-state index contributed by atoms with van der Waals surface area (Å²) in [7, 11) is 0. The minimum atomic E-state index is -0.467. The van der Waals surface area contributed by atoms with Crippen molar-refractivity contribution in [1.29, 1.82) is 0 Å². The van der Waals surface area contributed by atoms with Gasteiger partial charge in [0.15, 0.2) is 0 Å². The number of hydrogen-bond acceptors (Lipinski definition) is 4. The monoisotopic (exact) mass is 237 g/mol. The van der Waals surface area contributed by atoms with Crippen LogP contribution in [0.5, 0.6) is 0 Å². The average molecular weight is 237 g/mol. The number of nitrogens with one attached hydrogen (secondary N) is 1. The first-order valence-electron chi connectivity index (χ1n) is 5.29. The predicted molar refractivity (Wildman–Crippen MR) is 64.8 cm³/mol. The van der Waals surface area contributed by atoms with Gasteiger partial charge in [0.05, 0.1) is 4.92 Å². The Morgan fingerprint density at radius 2 is 2.24 bits per heavy atom. The number of nitro benzene ring substituents is 1. The number of aryl methyl sites for hydroxylation is 1. The van der Waals surface area contributed by atoms with Crippen molar-refractivity contribution in [1.82, 2.24) is 0 Å². The minimum Gasteiger partial charge on any atom is -0.330 e. The Morgan fingerprint density at radius 1 is 1.53 bits per heavy atom. The summed E-state index contributed by atoms with van der Waals surface area (Å²) in [6.07, 6.45) is 0.915. The Morgan fingerprint density at radius 3 is 2.82 bits per heavy atom. The highest BCUT2D eigenvalue weighted by molar-refractivity contribution is 5.91. The van der Waals surface area contributed by atoms with Gasteiger partial charge in [0.1, 0.15) is 0 Å². The van der Waals surface area contributed by atoms with Crippen LogP contribution in [0.15, 0.2) is 18.2 Å². The molecule has 6 nitrogen and oxygen atoms in total. The molecule has 17 heavy (non-hydrogen) atoms. The van der Waals surface area contributed by atoms with Crippen molar-refractivity contribution in [3.63, 3.8) is 0 Å². The maximum atomic E-state index is 11.4. The van der Waals surface area contributed by atoms with Crippen molar-refractivity contribution in [2.45, 2.75) is 19.8 Å². The number of anilines is 1. The number of carbonyl (C=O) groups is 1. The maximum absolute atomic E-state index is 11.4. The number of hydrogen-bond donors (Lipinski definition) is 2. The van der Waals surface area contributed by atoms with E-state index < -0.39 is 4.92 Å². The molecular weight excluding hydrogens is 222 g/mol. The van der Waals surface area contributed by atoms with Gasteiger partial charge in [-0.3, -0.25) is 14.9 Å². The zero-order chi connectivity index (χ0) is 12.8. The molecule has 0 saturated heterocycles. The molecule has 0 heterocycles. The number of carbonyl (C=O) groups excluding carboxylic acids is 1. The van der Waals surface area contributed by atoms with Gasteiger partial charge in [-0.25, -0.2) is 0 Å². The van der Waals surface area contributed by atoms with Crippen LogP contribution in [0.1, 0.15) is 18.4 Å². The fourth-order valence-corrected chi connectivity index (χ4v) is 1.37. The van der Waals surface area contributed by atoms with Crippen molar-refractivity contribution in [2.75, 3.05) is 11.9 Å². The van der Waals surface area contributed by atoms with Crippen molar-refractivity contribution in [2.24, 2.45) is 5.73 Å². The second-order valence-electron chi connectivity index (χ2n) is 3.70. The number of amides is 1. The van der Waals surface area contributed by atoms with Gasteiger partial charge in [-0.05, 0) is 26.0 Å². The van der Waals surface area contributed by atoms with Crippen LogP contribution >= 0.6 is 0 Å². The van der Waals surface area contributed by atoms with E-state index in [1.165, 1.54) is 6.07 Å². The SMILES string of the molecule is Cc1ccc(NC(=O)CCCN)cc1[N+](=O)[O-]. The van der Waals surface area contributed by atoms with Crippen LogP contribution in [-0.2, 0) is 4.79 Å². The molecule has 0 unspecified atom stereocenters. The largest absolute Gasteiger partial charge is 0.330 e. The molecular formula is C11H15N3O3. The lowest BCUT2D eigenvalue weighted by Gasteiger charge is -2.05. The van der Waals surface area contributed by atoms with Crippen molar-refractivity contribution >= 4 is 17.3 Å². The summed E-state index contributed by atoms with van der Waals surface area (Å²) in [6, 6.07) is 4.61. The number of rotatable bonds is 5. The van der Waals surface area contributed by atoms with E-state index in [1.54, 1.807) is 19.1 Å². The van der Waals surface area contributed by atoms with E-state index in [-0.39, 0.29) is 11.6 Å². The van der Waals surface area contributed by atoms with E-state index in [0.717, 1.165) is 0 Å². The van der Waals surface area contributed by atoms with Crippen molar-refractivity contribution in [3.8, 4) is 0 Å². The first-order chi connectivity index (χ1) is 8.04. The normalized spacial score (nSPS) is 10.0. The number of benzene rings is 1. The summed E-state index contributed by atoms with van der Waals surface area (Å²) in [5.41, 5.74) is 6.29. The van der Waals surface area contributed by atoms with E-state index in [0.29, 0.717) is 30.6 Å². The van der Waals surface area contributed by atoms with Crippen LogP contribution in [0.25, 0.3) is 0 Å². The average Bonchev–Trinajstić information content (AvgIpc) is 2.28. The fourth-order valence-electron chi connectivity index (χ4n) is 1.37. The Hall–Kier alpha value is -1.95. The third-order valence-corrected chi connectivity index (χ3v) is 2.30. The van der Waals surface area contributed by atoms with Crippen LogP contribution in [0, 0.1) is 17.0 Å². The first-order valence-corrected chi connectivity index (χ1v) is 5.29. The van der Waals surface area contributed by atoms with Crippen LogP contribution in [0.2, 0.25) is 0 Å². The Balaban J connectivity index is 2.75. The summed E-state index contributed by atoms with van der Waals surface area (Å²) in [5.74, 6) is -0.186. The second-order valence-corrected chi connectivity index (χ2v) is 3.70. The van der Waals surface area contributed by atoms with Crippen molar-refractivity contribution < 1.29 is 9.72 Å². The summed E-state index contributed by atoms with van der Waals surface area (Å²) in [5, 5.41) is 13.3. The zero-order valence-corrected chi connectivity index (χ0v) is 9.60. The van der Waals surface area contributed by atoms with Gasteiger partial charge < -0.3 is 11.1 Å². The van der Waals surface area contributed by atoms with Crippen LogP contribution < -0.4 is 11.1 Å². The number of nitrogens with two attached hydrogens (primary N) is 1. The first kappa shape index (κ1) is 13.1. The lowest BCUT2D eigenvalue weighted by molar-refractivity contribution is -0.385. The maximum Gasteiger partial charge on any atom is 0.274 e. The molecule has 0 fully saturated rings. The lowest BCUT2D eigenvalue weighted by atomic mass is 10.2. The topological polar surface area (TPSA) is 98.3 Å². The smallest absolute Gasteiger partial charge is 0.274 e. The molecule has 0 atom stereocenters. The van der Waals surface area contributed by atoms with Crippen LogP contribution in [-0.4, -0.2) is 17.4 Å². The van der Waals surface area contributed by atoms with Gasteiger partial charge >= 0.3 is 0 Å². The molecule has 92 valence electrons. The van der Waals surface area contributed by atoms with Gasteiger partial charge in [0, 0.05) is 23.7 Å². The molecule has 0 aromatic heterocycles. The molecule has 1 aromatic rings. The lowest BCUT2D eigenvalue weighted by Crippen LogP contribution is -2.13. The van der Waals surface area contributed by atoms with E-state index in [1.807, 2.05) is 0 Å². The second kappa shape index (κ2) is 5.95. The molecule has 0 saturated carbocycles. The molecule has 0 bridgehead atoms. The summed E-state index contributed by atoms with van der Waals surface area (Å²) < 4.78 is 0. The molecule has 6 heteroatoms. The molecule has 0 radical (unpaired) electrons. The minimum absolute atomic E-state index is 0.00150. The summed E-state index contributed by atoms with van der Waals surface area (Å²) >= 11 is 0. The standard InChI is InChI=1S/C11H15N3O3/c1-8-4-5-9(7-10(8)14(16)17)13-11(15)3-2-6-12/h4-5,7H,2-3,6,12H2,1H3,(H,13,15). The van der Waals surface area contributed by atoms with E-state index in [2.05, 4.69) is 5.32 Å². The molecule has 3 N–H and O–H groups in total. The highest BCUT2D eigenvalue weighted by Gasteiger charge is 2.11. The predicted octanol–water partition coefficient (Wildman–Crippen LogP) is 1.58. The van der Waals surface area contributed by atoms with Crippen molar-refractivity contribution in [3.05, 3.63) is 33.9 Å².